The first-order valence-electron chi connectivity index (χ1n) is 6.45. The Morgan fingerprint density at radius 3 is 2.55 bits per heavy atom. The van der Waals surface area contributed by atoms with Crippen LogP contribution in [0.3, 0.4) is 0 Å². The third-order valence-electron chi connectivity index (χ3n) is 3.54. The van der Waals surface area contributed by atoms with E-state index in [1.54, 1.807) is 0 Å². The maximum absolute atomic E-state index is 12.0. The first-order valence-corrected chi connectivity index (χ1v) is 6.45. The fourth-order valence-corrected chi connectivity index (χ4v) is 1.50. The Morgan fingerprint density at radius 2 is 2.05 bits per heavy atom. The van der Waals surface area contributed by atoms with Gasteiger partial charge in [-0.3, -0.25) is 14.9 Å². The second kappa shape index (κ2) is 5.90. The molecule has 0 aliphatic rings. The molecular formula is C14H21N3O3. The fourth-order valence-electron chi connectivity index (χ4n) is 1.50. The lowest BCUT2D eigenvalue weighted by Gasteiger charge is -2.27. The lowest BCUT2D eigenvalue weighted by Crippen LogP contribution is -2.33. The fraction of sp³-hybridized carbons (Fsp3) is 0.500. The SMILES string of the molecule is CC(CNC(=O)c1ccc(N)c([N+](=O)[O-])c1)C(C)(C)C. The Kier molecular flexibility index (Phi) is 4.70. The molecule has 0 aromatic heterocycles. The van der Waals surface area contributed by atoms with E-state index in [0.717, 1.165) is 0 Å². The molecule has 1 rings (SSSR count). The van der Waals surface area contributed by atoms with Gasteiger partial charge in [0.2, 0.25) is 0 Å². The molecule has 0 aliphatic heterocycles. The highest BCUT2D eigenvalue weighted by Gasteiger charge is 2.21. The van der Waals surface area contributed by atoms with Gasteiger partial charge in [0.25, 0.3) is 11.6 Å². The number of nitrogens with two attached hydrogens (primary N) is 1. The van der Waals surface area contributed by atoms with Crippen molar-refractivity contribution in [3.8, 4) is 0 Å². The Hall–Kier alpha value is -2.11. The number of carbonyl (C=O) groups is 1. The van der Waals surface area contributed by atoms with Gasteiger partial charge in [0.1, 0.15) is 5.69 Å². The summed E-state index contributed by atoms with van der Waals surface area (Å²) >= 11 is 0. The molecule has 1 unspecified atom stereocenters. The summed E-state index contributed by atoms with van der Waals surface area (Å²) in [4.78, 5) is 22.2. The molecular weight excluding hydrogens is 258 g/mol. The van der Waals surface area contributed by atoms with E-state index < -0.39 is 4.92 Å². The molecule has 0 radical (unpaired) electrons. The number of nitrogens with zero attached hydrogens (tertiary/aromatic N) is 1. The average Bonchev–Trinajstić information content (AvgIpc) is 2.34. The predicted molar refractivity (Wildman–Crippen MR) is 78.5 cm³/mol. The lowest BCUT2D eigenvalue weighted by atomic mass is 9.82. The lowest BCUT2D eigenvalue weighted by molar-refractivity contribution is -0.383. The Bertz CT molecular complexity index is 521. The van der Waals surface area contributed by atoms with Crippen LogP contribution in [-0.2, 0) is 0 Å². The third kappa shape index (κ3) is 3.94. The molecule has 3 N–H and O–H groups in total. The Balaban J connectivity index is 2.79. The minimum atomic E-state index is -0.593. The van der Waals surface area contributed by atoms with Crippen LogP contribution in [0.1, 0.15) is 38.1 Å². The maximum Gasteiger partial charge on any atom is 0.292 e. The molecule has 6 heteroatoms. The number of rotatable bonds is 4. The van der Waals surface area contributed by atoms with Crippen LogP contribution in [0.15, 0.2) is 18.2 Å². The third-order valence-corrected chi connectivity index (χ3v) is 3.54. The van der Waals surface area contributed by atoms with E-state index >= 15 is 0 Å². The highest BCUT2D eigenvalue weighted by Crippen LogP contribution is 2.25. The molecule has 6 nitrogen and oxygen atoms in total. The second-order valence-corrected chi connectivity index (χ2v) is 6.01. The minimum absolute atomic E-state index is 0.0506. The predicted octanol–water partition coefficient (Wildman–Crippen LogP) is 2.59. The van der Waals surface area contributed by atoms with Crippen LogP contribution in [0.25, 0.3) is 0 Å². The molecule has 0 aliphatic carbocycles. The number of nitro benzene ring substituents is 1. The summed E-state index contributed by atoms with van der Waals surface area (Å²) in [6.45, 7) is 8.85. The second-order valence-electron chi connectivity index (χ2n) is 6.01. The van der Waals surface area contributed by atoms with E-state index in [4.69, 9.17) is 5.73 Å². The maximum atomic E-state index is 12.0. The molecule has 0 fully saturated rings. The van der Waals surface area contributed by atoms with E-state index in [2.05, 4.69) is 26.1 Å². The summed E-state index contributed by atoms with van der Waals surface area (Å²) in [7, 11) is 0. The quantitative estimate of drug-likeness (QED) is 0.502. The summed E-state index contributed by atoms with van der Waals surface area (Å²) in [6.07, 6.45) is 0. The van der Waals surface area contributed by atoms with Crippen LogP contribution in [-0.4, -0.2) is 17.4 Å². The van der Waals surface area contributed by atoms with Gasteiger partial charge in [-0.1, -0.05) is 27.7 Å². The molecule has 0 heterocycles. The van der Waals surface area contributed by atoms with Crippen molar-refractivity contribution in [3.05, 3.63) is 33.9 Å². The summed E-state index contributed by atoms with van der Waals surface area (Å²) in [5.41, 5.74) is 5.62. The zero-order valence-corrected chi connectivity index (χ0v) is 12.3. The van der Waals surface area contributed by atoms with E-state index in [1.807, 2.05) is 6.92 Å². The number of anilines is 1. The number of nitrogens with one attached hydrogen (secondary N) is 1. The summed E-state index contributed by atoms with van der Waals surface area (Å²) in [5.74, 6) is -0.0422. The van der Waals surface area contributed by atoms with Gasteiger partial charge in [-0.15, -0.1) is 0 Å². The first kappa shape index (κ1) is 15.9. The molecule has 1 aromatic rings. The topological polar surface area (TPSA) is 98.3 Å². The normalized spacial score (nSPS) is 12.8. The van der Waals surface area contributed by atoms with Crippen LogP contribution in [0.2, 0.25) is 0 Å². The number of nitrogen functional groups attached to an aromatic ring is 1. The zero-order valence-electron chi connectivity index (χ0n) is 12.3. The van der Waals surface area contributed by atoms with E-state index in [0.29, 0.717) is 6.54 Å². The summed E-state index contributed by atoms with van der Waals surface area (Å²) < 4.78 is 0. The van der Waals surface area contributed by atoms with E-state index in [1.165, 1.54) is 18.2 Å². The standard InChI is InChI=1S/C14H21N3O3/c1-9(14(2,3)4)8-16-13(18)10-5-6-11(15)12(7-10)17(19)20/h5-7,9H,8,15H2,1-4H3,(H,16,18). The molecule has 0 saturated heterocycles. The molecule has 1 atom stereocenters. The largest absolute Gasteiger partial charge is 0.393 e. The van der Waals surface area contributed by atoms with Crippen LogP contribution in [0.4, 0.5) is 11.4 Å². The van der Waals surface area contributed by atoms with Crippen molar-refractivity contribution in [1.29, 1.82) is 0 Å². The van der Waals surface area contributed by atoms with Gasteiger partial charge in [0.15, 0.2) is 0 Å². The highest BCUT2D eigenvalue weighted by atomic mass is 16.6. The van der Waals surface area contributed by atoms with Gasteiger partial charge in [0, 0.05) is 18.2 Å². The first-order chi connectivity index (χ1) is 9.12. The van der Waals surface area contributed by atoms with Crippen molar-refractivity contribution in [2.24, 2.45) is 11.3 Å². The smallest absolute Gasteiger partial charge is 0.292 e. The van der Waals surface area contributed by atoms with Crippen molar-refractivity contribution in [2.75, 3.05) is 12.3 Å². The van der Waals surface area contributed by atoms with Crippen LogP contribution in [0.5, 0.6) is 0 Å². The number of amides is 1. The van der Waals surface area contributed by atoms with Crippen molar-refractivity contribution in [3.63, 3.8) is 0 Å². The Labute approximate surface area is 118 Å². The molecule has 0 spiro atoms. The van der Waals surface area contributed by atoms with Crippen LogP contribution < -0.4 is 11.1 Å². The summed E-state index contributed by atoms with van der Waals surface area (Å²) in [6, 6.07) is 4.06. The van der Waals surface area contributed by atoms with Crippen LogP contribution >= 0.6 is 0 Å². The summed E-state index contributed by atoms with van der Waals surface area (Å²) in [5, 5.41) is 13.6. The van der Waals surface area contributed by atoms with Gasteiger partial charge >= 0.3 is 0 Å². The van der Waals surface area contributed by atoms with Gasteiger partial charge in [-0.25, -0.2) is 0 Å². The molecule has 0 saturated carbocycles. The minimum Gasteiger partial charge on any atom is -0.393 e. The molecule has 20 heavy (non-hydrogen) atoms. The highest BCUT2D eigenvalue weighted by molar-refractivity contribution is 5.95. The molecule has 1 amide bonds. The number of hydrogen-bond acceptors (Lipinski definition) is 4. The number of benzene rings is 1. The molecule has 1 aromatic carbocycles. The van der Waals surface area contributed by atoms with E-state index in [-0.39, 0.29) is 34.2 Å². The van der Waals surface area contributed by atoms with Crippen molar-refractivity contribution >= 4 is 17.3 Å². The monoisotopic (exact) mass is 279 g/mol. The number of hydrogen-bond donors (Lipinski definition) is 2. The van der Waals surface area contributed by atoms with Crippen molar-refractivity contribution in [1.82, 2.24) is 5.32 Å². The van der Waals surface area contributed by atoms with Gasteiger partial charge < -0.3 is 11.1 Å². The van der Waals surface area contributed by atoms with Crippen molar-refractivity contribution in [2.45, 2.75) is 27.7 Å². The van der Waals surface area contributed by atoms with Crippen LogP contribution in [0, 0.1) is 21.4 Å². The van der Waals surface area contributed by atoms with Gasteiger partial charge in [-0.2, -0.15) is 0 Å². The van der Waals surface area contributed by atoms with Gasteiger partial charge in [0.05, 0.1) is 4.92 Å². The number of nitro groups is 1. The Morgan fingerprint density at radius 1 is 1.45 bits per heavy atom. The molecule has 110 valence electrons. The number of carbonyl (C=O) groups excluding carboxylic acids is 1. The zero-order chi connectivity index (χ0) is 15.5. The average molecular weight is 279 g/mol. The van der Waals surface area contributed by atoms with E-state index in [9.17, 15) is 14.9 Å². The molecule has 0 bridgehead atoms. The van der Waals surface area contributed by atoms with Gasteiger partial charge in [-0.05, 0) is 23.5 Å². The van der Waals surface area contributed by atoms with Crippen molar-refractivity contribution < 1.29 is 9.72 Å².